The average molecular weight is 264 g/mol. The molecule has 0 aliphatic rings. The minimum Gasteiger partial charge on any atom is -0.493 e. The normalized spacial score (nSPS) is 10.6. The first kappa shape index (κ1) is 12.9. The van der Waals surface area contributed by atoms with Gasteiger partial charge in [0.2, 0.25) is 0 Å². The molecule has 0 amide bonds. The fourth-order valence-electron chi connectivity index (χ4n) is 1.76. The molecule has 2 rings (SSSR count). The van der Waals surface area contributed by atoms with Crippen LogP contribution in [0.25, 0.3) is 10.9 Å². The van der Waals surface area contributed by atoms with Gasteiger partial charge < -0.3 is 14.8 Å². The molecule has 0 bridgehead atoms. The summed E-state index contributed by atoms with van der Waals surface area (Å²) in [6.45, 7) is 2.37. The predicted molar refractivity (Wildman–Crippen MR) is 67.7 cm³/mol. The number of nitrogens with zero attached hydrogens (tertiary/aromatic N) is 1. The molecule has 0 fully saturated rings. The van der Waals surface area contributed by atoms with Crippen molar-refractivity contribution < 1.29 is 19.6 Å². The summed E-state index contributed by atoms with van der Waals surface area (Å²) in [5.41, 5.74) is -0.104. The number of nitro benzene ring substituents is 1. The van der Waals surface area contributed by atoms with Gasteiger partial charge in [0.1, 0.15) is 17.0 Å². The van der Waals surface area contributed by atoms with E-state index in [4.69, 9.17) is 9.84 Å². The second kappa shape index (κ2) is 4.97. The zero-order valence-corrected chi connectivity index (χ0v) is 10.2. The fourth-order valence-corrected chi connectivity index (χ4v) is 1.76. The van der Waals surface area contributed by atoms with E-state index in [0.717, 1.165) is 6.42 Å². The molecular formula is C12H12N2O5. The predicted octanol–water partition coefficient (Wildman–Crippen LogP) is 2.56. The summed E-state index contributed by atoms with van der Waals surface area (Å²) in [6, 6.07) is 4.23. The number of nitrogens with one attached hydrogen (secondary N) is 1. The van der Waals surface area contributed by atoms with Gasteiger partial charge in [0.15, 0.2) is 0 Å². The number of aromatic carboxylic acids is 1. The van der Waals surface area contributed by atoms with E-state index >= 15 is 0 Å². The third kappa shape index (κ3) is 2.49. The van der Waals surface area contributed by atoms with Crippen LogP contribution in [-0.2, 0) is 0 Å². The molecule has 0 spiro atoms. The average Bonchev–Trinajstić information content (AvgIpc) is 2.78. The molecule has 0 saturated heterocycles. The number of carboxylic acid groups (broad SMARTS) is 1. The van der Waals surface area contributed by atoms with E-state index < -0.39 is 10.9 Å². The lowest BCUT2D eigenvalue weighted by molar-refractivity contribution is -0.383. The molecule has 7 heteroatoms. The van der Waals surface area contributed by atoms with Crippen molar-refractivity contribution in [3.8, 4) is 5.75 Å². The van der Waals surface area contributed by atoms with E-state index in [-0.39, 0.29) is 16.9 Å². The molecule has 2 N–H and O–H groups in total. The zero-order chi connectivity index (χ0) is 14.0. The lowest BCUT2D eigenvalue weighted by atomic mass is 10.2. The Labute approximate surface area is 108 Å². The largest absolute Gasteiger partial charge is 0.493 e. The smallest absolute Gasteiger partial charge is 0.352 e. The van der Waals surface area contributed by atoms with Crippen molar-refractivity contribution in [2.45, 2.75) is 13.3 Å². The van der Waals surface area contributed by atoms with Crippen LogP contribution in [0.1, 0.15) is 23.8 Å². The Morgan fingerprint density at radius 3 is 2.79 bits per heavy atom. The lowest BCUT2D eigenvalue weighted by Gasteiger charge is -2.04. The van der Waals surface area contributed by atoms with Crippen LogP contribution in [-0.4, -0.2) is 27.6 Å². The molecule has 2 aromatic rings. The Morgan fingerprint density at radius 1 is 1.47 bits per heavy atom. The molecule has 0 saturated carbocycles. The molecule has 0 aliphatic heterocycles. The highest BCUT2D eigenvalue weighted by atomic mass is 16.6. The van der Waals surface area contributed by atoms with E-state index in [9.17, 15) is 14.9 Å². The summed E-state index contributed by atoms with van der Waals surface area (Å²) in [7, 11) is 0. The van der Waals surface area contributed by atoms with E-state index in [1.54, 1.807) is 6.07 Å². The number of hydrogen-bond donors (Lipinski definition) is 2. The quantitative estimate of drug-likeness (QED) is 0.637. The maximum absolute atomic E-state index is 11.0. The van der Waals surface area contributed by atoms with Crippen LogP contribution in [0, 0.1) is 10.1 Å². The Balaban J connectivity index is 2.58. The van der Waals surface area contributed by atoms with Crippen molar-refractivity contribution in [1.82, 2.24) is 4.98 Å². The fraction of sp³-hybridized carbons (Fsp3) is 0.250. The van der Waals surface area contributed by atoms with Crippen LogP contribution < -0.4 is 4.74 Å². The molecular weight excluding hydrogens is 252 g/mol. The summed E-state index contributed by atoms with van der Waals surface area (Å²) < 4.78 is 5.36. The highest BCUT2D eigenvalue weighted by Gasteiger charge is 2.19. The second-order valence-corrected chi connectivity index (χ2v) is 4.00. The van der Waals surface area contributed by atoms with Gasteiger partial charge in [-0.3, -0.25) is 10.1 Å². The van der Waals surface area contributed by atoms with Crippen LogP contribution in [0.4, 0.5) is 5.69 Å². The molecule has 1 aromatic carbocycles. The molecule has 0 radical (unpaired) electrons. The highest BCUT2D eigenvalue weighted by Crippen LogP contribution is 2.31. The summed E-state index contributed by atoms with van der Waals surface area (Å²) >= 11 is 0. The number of fused-ring (bicyclic) bond motifs is 1. The number of H-pyrrole nitrogens is 1. The number of ether oxygens (including phenoxy) is 1. The van der Waals surface area contributed by atoms with Crippen LogP contribution in [0.3, 0.4) is 0 Å². The number of rotatable bonds is 5. The topological polar surface area (TPSA) is 105 Å². The standard InChI is InChI=1S/C12H12N2O5/c1-2-3-19-8-4-7-5-9(12(15)16)13-11(7)10(6-8)14(17)18/h4-6,13H,2-3H2,1H3,(H,15,16). The Morgan fingerprint density at radius 2 is 2.21 bits per heavy atom. The molecule has 7 nitrogen and oxygen atoms in total. The van der Waals surface area contributed by atoms with Gasteiger partial charge in [0.25, 0.3) is 5.69 Å². The third-order valence-electron chi connectivity index (χ3n) is 2.58. The number of aromatic nitrogens is 1. The molecule has 0 atom stereocenters. The second-order valence-electron chi connectivity index (χ2n) is 4.00. The number of nitro groups is 1. The summed E-state index contributed by atoms with van der Waals surface area (Å²) in [5.74, 6) is -0.807. The Bertz CT molecular complexity index is 647. The highest BCUT2D eigenvalue weighted by molar-refractivity contribution is 5.97. The van der Waals surface area contributed by atoms with E-state index in [2.05, 4.69) is 4.98 Å². The van der Waals surface area contributed by atoms with Crippen molar-refractivity contribution in [3.05, 3.63) is 34.0 Å². The number of hydrogen-bond acceptors (Lipinski definition) is 4. The van der Waals surface area contributed by atoms with Gasteiger partial charge in [0.05, 0.1) is 17.6 Å². The molecule has 1 aromatic heterocycles. The van der Waals surface area contributed by atoms with Crippen molar-refractivity contribution in [2.24, 2.45) is 0 Å². The molecule has 0 aliphatic carbocycles. The third-order valence-corrected chi connectivity index (χ3v) is 2.58. The lowest BCUT2D eigenvalue weighted by Crippen LogP contribution is -1.97. The number of aromatic amines is 1. The first-order valence-electron chi connectivity index (χ1n) is 5.70. The summed E-state index contributed by atoms with van der Waals surface area (Å²) in [4.78, 5) is 23.8. The van der Waals surface area contributed by atoms with Crippen LogP contribution >= 0.6 is 0 Å². The van der Waals surface area contributed by atoms with Crippen molar-refractivity contribution in [1.29, 1.82) is 0 Å². The minimum atomic E-state index is -1.17. The minimum absolute atomic E-state index is 0.0919. The van der Waals surface area contributed by atoms with Gasteiger partial charge in [-0.05, 0) is 18.6 Å². The van der Waals surface area contributed by atoms with Gasteiger partial charge in [-0.2, -0.15) is 0 Å². The first-order valence-corrected chi connectivity index (χ1v) is 5.70. The first-order chi connectivity index (χ1) is 9.02. The summed E-state index contributed by atoms with van der Waals surface area (Å²) in [5, 5.41) is 20.3. The summed E-state index contributed by atoms with van der Waals surface area (Å²) in [6.07, 6.45) is 0.777. The number of non-ortho nitro benzene ring substituents is 1. The van der Waals surface area contributed by atoms with E-state index in [1.807, 2.05) is 6.92 Å². The number of carboxylic acids is 1. The number of carbonyl (C=O) groups is 1. The zero-order valence-electron chi connectivity index (χ0n) is 10.2. The maximum Gasteiger partial charge on any atom is 0.352 e. The van der Waals surface area contributed by atoms with Gasteiger partial charge in [-0.1, -0.05) is 6.92 Å². The van der Waals surface area contributed by atoms with Gasteiger partial charge in [-0.15, -0.1) is 0 Å². The SMILES string of the molecule is CCCOc1cc([N+](=O)[O-])c2[nH]c(C(=O)O)cc2c1. The Hall–Kier alpha value is -2.57. The maximum atomic E-state index is 11.0. The van der Waals surface area contributed by atoms with Crippen molar-refractivity contribution >= 4 is 22.6 Å². The van der Waals surface area contributed by atoms with Gasteiger partial charge in [0, 0.05) is 5.39 Å². The molecule has 19 heavy (non-hydrogen) atoms. The van der Waals surface area contributed by atoms with Gasteiger partial charge in [-0.25, -0.2) is 4.79 Å². The van der Waals surface area contributed by atoms with Crippen LogP contribution in [0.2, 0.25) is 0 Å². The van der Waals surface area contributed by atoms with Crippen molar-refractivity contribution in [2.75, 3.05) is 6.61 Å². The van der Waals surface area contributed by atoms with Crippen molar-refractivity contribution in [3.63, 3.8) is 0 Å². The van der Waals surface area contributed by atoms with E-state index in [0.29, 0.717) is 17.7 Å². The van der Waals surface area contributed by atoms with Gasteiger partial charge >= 0.3 is 5.97 Å². The van der Waals surface area contributed by atoms with Crippen LogP contribution in [0.15, 0.2) is 18.2 Å². The molecule has 0 unspecified atom stereocenters. The molecule has 1 heterocycles. The number of benzene rings is 1. The van der Waals surface area contributed by atoms with E-state index in [1.165, 1.54) is 12.1 Å². The molecule has 100 valence electrons. The Kier molecular flexibility index (Phi) is 3.37. The monoisotopic (exact) mass is 264 g/mol. The van der Waals surface area contributed by atoms with Crippen LogP contribution in [0.5, 0.6) is 5.75 Å².